The summed E-state index contributed by atoms with van der Waals surface area (Å²) in [4.78, 5) is 12.5. The minimum Gasteiger partial charge on any atom is -0.396 e. The molecule has 3 N–H and O–H groups in total. The zero-order valence-electron chi connectivity index (χ0n) is 12.4. The number of H-pyrrole nitrogens is 1. The van der Waals surface area contributed by atoms with Gasteiger partial charge in [-0.15, -0.1) is 0 Å². The molecule has 0 radical (unpaired) electrons. The van der Waals surface area contributed by atoms with Crippen LogP contribution in [-0.4, -0.2) is 33.9 Å². The maximum absolute atomic E-state index is 13.3. The number of rotatable bonds is 6. The second-order valence-electron chi connectivity index (χ2n) is 5.72. The molecule has 1 saturated carbocycles. The van der Waals surface area contributed by atoms with Gasteiger partial charge in [-0.05, 0) is 43.4 Å². The highest BCUT2D eigenvalue weighted by molar-refractivity contribution is 6.31. The minimum absolute atomic E-state index is 0.0143. The van der Waals surface area contributed by atoms with Crippen LogP contribution in [0.25, 0.3) is 11.3 Å². The number of carbonyl (C=O) groups is 1. The van der Waals surface area contributed by atoms with Crippen molar-refractivity contribution in [3.8, 4) is 11.3 Å². The SMILES string of the molecule is O=C(NC(CCO)C1CC1)c1cn[nH]c1-c1ccc(F)c(Cl)c1. The number of amides is 1. The van der Waals surface area contributed by atoms with Gasteiger partial charge in [0.05, 0.1) is 22.5 Å². The van der Waals surface area contributed by atoms with Crippen molar-refractivity contribution in [1.29, 1.82) is 0 Å². The smallest absolute Gasteiger partial charge is 0.255 e. The highest BCUT2D eigenvalue weighted by Crippen LogP contribution is 2.34. The Bertz CT molecular complexity index is 715. The first-order chi connectivity index (χ1) is 11.1. The summed E-state index contributed by atoms with van der Waals surface area (Å²) < 4.78 is 13.3. The molecule has 3 rings (SSSR count). The van der Waals surface area contributed by atoms with E-state index in [-0.39, 0.29) is 23.6 Å². The van der Waals surface area contributed by atoms with Crippen molar-refractivity contribution < 1.29 is 14.3 Å². The largest absolute Gasteiger partial charge is 0.396 e. The summed E-state index contributed by atoms with van der Waals surface area (Å²) >= 11 is 5.80. The maximum atomic E-state index is 13.3. The van der Waals surface area contributed by atoms with Gasteiger partial charge in [-0.3, -0.25) is 9.89 Å². The van der Waals surface area contributed by atoms with Gasteiger partial charge in [0.2, 0.25) is 0 Å². The molecule has 0 bridgehead atoms. The number of hydrogen-bond acceptors (Lipinski definition) is 3. The minimum atomic E-state index is -0.516. The van der Waals surface area contributed by atoms with E-state index >= 15 is 0 Å². The lowest BCUT2D eigenvalue weighted by atomic mass is 10.1. The second kappa shape index (κ2) is 6.68. The fourth-order valence-corrected chi connectivity index (χ4v) is 2.82. The lowest BCUT2D eigenvalue weighted by Gasteiger charge is -2.17. The molecule has 1 heterocycles. The molecule has 1 fully saturated rings. The van der Waals surface area contributed by atoms with Crippen LogP contribution in [0.2, 0.25) is 5.02 Å². The number of aromatic amines is 1. The standard InChI is InChI=1S/C16H17ClFN3O2/c17-12-7-10(3-4-13(12)18)15-11(8-19-21-15)16(23)20-14(5-6-22)9-1-2-9/h3-4,7-9,14,22H,1-2,5-6H2,(H,19,21)(H,20,23). The summed E-state index contributed by atoms with van der Waals surface area (Å²) in [5.74, 6) is -0.348. The summed E-state index contributed by atoms with van der Waals surface area (Å²) in [6, 6.07) is 4.20. The number of aliphatic hydroxyl groups is 1. The molecule has 23 heavy (non-hydrogen) atoms. The van der Waals surface area contributed by atoms with Crippen LogP contribution in [0.15, 0.2) is 24.4 Å². The number of nitrogens with zero attached hydrogens (tertiary/aromatic N) is 1. The molecule has 5 nitrogen and oxygen atoms in total. The summed E-state index contributed by atoms with van der Waals surface area (Å²) in [6.07, 6.45) is 4.10. The predicted molar refractivity (Wildman–Crippen MR) is 84.7 cm³/mol. The van der Waals surface area contributed by atoms with Crippen molar-refractivity contribution in [1.82, 2.24) is 15.5 Å². The molecule has 1 atom stereocenters. The fraction of sp³-hybridized carbons (Fsp3) is 0.375. The Kier molecular flexibility index (Phi) is 4.63. The van der Waals surface area contributed by atoms with Crippen LogP contribution in [-0.2, 0) is 0 Å². The molecule has 1 aliphatic rings. The Balaban J connectivity index is 1.82. The molecular weight excluding hydrogens is 321 g/mol. The van der Waals surface area contributed by atoms with Crippen LogP contribution in [0, 0.1) is 11.7 Å². The zero-order valence-corrected chi connectivity index (χ0v) is 13.1. The van der Waals surface area contributed by atoms with Crippen LogP contribution in [0.1, 0.15) is 29.6 Å². The number of carbonyl (C=O) groups excluding carboxylic acids is 1. The molecule has 2 aromatic rings. The average molecular weight is 338 g/mol. The highest BCUT2D eigenvalue weighted by Gasteiger charge is 2.32. The first kappa shape index (κ1) is 16.0. The van der Waals surface area contributed by atoms with E-state index in [4.69, 9.17) is 16.7 Å². The molecule has 1 aromatic heterocycles. The van der Waals surface area contributed by atoms with E-state index in [1.807, 2.05) is 0 Å². The van der Waals surface area contributed by atoms with Crippen LogP contribution < -0.4 is 5.32 Å². The van der Waals surface area contributed by atoms with E-state index in [0.717, 1.165) is 12.8 Å². The van der Waals surface area contributed by atoms with Crippen molar-refractivity contribution >= 4 is 17.5 Å². The fourth-order valence-electron chi connectivity index (χ4n) is 2.64. The van der Waals surface area contributed by atoms with Gasteiger partial charge in [0.1, 0.15) is 5.82 Å². The molecule has 122 valence electrons. The van der Waals surface area contributed by atoms with Gasteiger partial charge in [-0.1, -0.05) is 11.6 Å². The molecule has 0 saturated heterocycles. The van der Waals surface area contributed by atoms with Crippen LogP contribution in [0.4, 0.5) is 4.39 Å². The molecular formula is C16H17ClFN3O2. The van der Waals surface area contributed by atoms with Crippen LogP contribution >= 0.6 is 11.6 Å². The lowest BCUT2D eigenvalue weighted by molar-refractivity contribution is 0.0925. The van der Waals surface area contributed by atoms with Crippen LogP contribution in [0.5, 0.6) is 0 Å². The van der Waals surface area contributed by atoms with E-state index < -0.39 is 5.82 Å². The van der Waals surface area contributed by atoms with Crippen molar-refractivity contribution in [3.63, 3.8) is 0 Å². The maximum Gasteiger partial charge on any atom is 0.255 e. The van der Waals surface area contributed by atoms with Crippen molar-refractivity contribution in [2.75, 3.05) is 6.61 Å². The van der Waals surface area contributed by atoms with Gasteiger partial charge in [0, 0.05) is 18.2 Å². The third-order valence-corrected chi connectivity index (χ3v) is 4.33. The van der Waals surface area contributed by atoms with Gasteiger partial charge in [0.25, 0.3) is 5.91 Å². The second-order valence-corrected chi connectivity index (χ2v) is 6.12. The van der Waals surface area contributed by atoms with E-state index in [1.165, 1.54) is 24.4 Å². The Morgan fingerprint density at radius 1 is 1.52 bits per heavy atom. The Morgan fingerprint density at radius 3 is 2.96 bits per heavy atom. The number of aliphatic hydroxyl groups excluding tert-OH is 1. The summed E-state index contributed by atoms with van der Waals surface area (Å²) in [7, 11) is 0. The zero-order chi connectivity index (χ0) is 16.4. The van der Waals surface area contributed by atoms with Gasteiger partial charge in [-0.2, -0.15) is 5.10 Å². The normalized spacial score (nSPS) is 15.4. The highest BCUT2D eigenvalue weighted by atomic mass is 35.5. The topological polar surface area (TPSA) is 78.0 Å². The van der Waals surface area contributed by atoms with E-state index in [2.05, 4.69) is 15.5 Å². The third-order valence-electron chi connectivity index (χ3n) is 4.04. The molecule has 1 aliphatic carbocycles. The molecule has 1 unspecified atom stereocenters. The first-order valence-corrected chi connectivity index (χ1v) is 7.88. The lowest BCUT2D eigenvalue weighted by Crippen LogP contribution is -2.37. The average Bonchev–Trinajstić information content (AvgIpc) is 3.26. The summed E-state index contributed by atoms with van der Waals surface area (Å²) in [5.41, 5.74) is 1.45. The molecule has 7 heteroatoms. The van der Waals surface area contributed by atoms with Crippen molar-refractivity contribution in [2.45, 2.75) is 25.3 Å². The van der Waals surface area contributed by atoms with Gasteiger partial charge in [-0.25, -0.2) is 4.39 Å². The van der Waals surface area contributed by atoms with Crippen LogP contribution in [0.3, 0.4) is 0 Å². The quantitative estimate of drug-likeness (QED) is 0.758. The van der Waals surface area contributed by atoms with Gasteiger partial charge >= 0.3 is 0 Å². The Morgan fingerprint density at radius 2 is 2.30 bits per heavy atom. The monoisotopic (exact) mass is 337 g/mol. The Labute approximate surface area is 137 Å². The predicted octanol–water partition coefficient (Wildman–Crippen LogP) is 2.76. The Hall–Kier alpha value is -1.92. The van der Waals surface area contributed by atoms with Gasteiger partial charge in [0.15, 0.2) is 0 Å². The van der Waals surface area contributed by atoms with Crippen molar-refractivity contribution in [2.24, 2.45) is 5.92 Å². The number of aromatic nitrogens is 2. The van der Waals surface area contributed by atoms with E-state index in [1.54, 1.807) is 0 Å². The number of benzene rings is 1. The van der Waals surface area contributed by atoms with E-state index in [9.17, 15) is 9.18 Å². The summed E-state index contributed by atoms with van der Waals surface area (Å²) in [5, 5.41) is 18.7. The summed E-state index contributed by atoms with van der Waals surface area (Å²) in [6.45, 7) is 0.0350. The molecule has 1 amide bonds. The molecule has 0 spiro atoms. The number of hydrogen-bond donors (Lipinski definition) is 3. The molecule has 1 aromatic carbocycles. The third kappa shape index (κ3) is 3.54. The van der Waals surface area contributed by atoms with Crippen molar-refractivity contribution in [3.05, 3.63) is 40.8 Å². The molecule has 0 aliphatic heterocycles. The van der Waals surface area contributed by atoms with Gasteiger partial charge < -0.3 is 10.4 Å². The first-order valence-electron chi connectivity index (χ1n) is 7.50. The van der Waals surface area contributed by atoms with E-state index in [0.29, 0.717) is 29.2 Å². The number of nitrogens with one attached hydrogen (secondary N) is 2. The number of halogens is 2.